The summed E-state index contributed by atoms with van der Waals surface area (Å²) in [4.78, 5) is 0. The number of nitrogens with two attached hydrogens (primary N) is 1. The van der Waals surface area contributed by atoms with Crippen LogP contribution in [0.4, 0.5) is 5.69 Å². The number of anilines is 1. The van der Waals surface area contributed by atoms with E-state index in [1.807, 2.05) is 12.1 Å². The molecular weight excluding hydrogens is 153 g/mol. The Labute approximate surface area is 69.0 Å². The summed E-state index contributed by atoms with van der Waals surface area (Å²) in [5.74, 6) is 0. The SMILES string of the molecule is C=PCc1cc(C)ccc1N. The van der Waals surface area contributed by atoms with Gasteiger partial charge in [0.05, 0.1) is 0 Å². The zero-order chi connectivity index (χ0) is 8.27. The average molecular weight is 165 g/mol. The second kappa shape index (κ2) is 3.54. The molecule has 58 valence electrons. The summed E-state index contributed by atoms with van der Waals surface area (Å²) in [5, 5.41) is 0. The van der Waals surface area contributed by atoms with Crippen LogP contribution in [0.5, 0.6) is 0 Å². The van der Waals surface area contributed by atoms with Gasteiger partial charge in [0.1, 0.15) is 0 Å². The molecule has 2 heteroatoms. The normalized spacial score (nSPS) is 10.3. The summed E-state index contributed by atoms with van der Waals surface area (Å²) in [6, 6.07) is 6.10. The van der Waals surface area contributed by atoms with Crippen LogP contribution >= 0.6 is 8.20 Å². The van der Waals surface area contributed by atoms with E-state index in [1.165, 1.54) is 11.1 Å². The molecule has 11 heavy (non-hydrogen) atoms. The van der Waals surface area contributed by atoms with Crippen molar-refractivity contribution in [2.75, 3.05) is 5.73 Å². The van der Waals surface area contributed by atoms with Crippen LogP contribution < -0.4 is 5.73 Å². The van der Waals surface area contributed by atoms with Crippen molar-refractivity contribution < 1.29 is 0 Å². The summed E-state index contributed by atoms with van der Waals surface area (Å²) in [6.07, 6.45) is 4.72. The zero-order valence-corrected chi connectivity index (χ0v) is 7.57. The van der Waals surface area contributed by atoms with E-state index in [4.69, 9.17) is 5.73 Å². The minimum absolute atomic E-state index is 0.881. The molecule has 0 unspecified atom stereocenters. The van der Waals surface area contributed by atoms with Crippen molar-refractivity contribution >= 4 is 20.2 Å². The number of nitrogen functional groups attached to an aromatic ring is 1. The van der Waals surface area contributed by atoms with Crippen LogP contribution in [0.3, 0.4) is 0 Å². The first-order chi connectivity index (χ1) is 5.24. The van der Waals surface area contributed by atoms with Crippen molar-refractivity contribution in [1.29, 1.82) is 0 Å². The van der Waals surface area contributed by atoms with Crippen LogP contribution in [0.2, 0.25) is 0 Å². The van der Waals surface area contributed by atoms with Gasteiger partial charge in [-0.3, -0.25) is 0 Å². The molecule has 0 saturated heterocycles. The van der Waals surface area contributed by atoms with E-state index in [9.17, 15) is 0 Å². The largest absolute Gasteiger partial charge is 0.398 e. The Balaban J connectivity index is 3.01. The molecule has 0 aliphatic carbocycles. The van der Waals surface area contributed by atoms with Gasteiger partial charge < -0.3 is 5.73 Å². The van der Waals surface area contributed by atoms with E-state index < -0.39 is 0 Å². The maximum Gasteiger partial charge on any atom is 0.0353 e. The molecule has 0 radical (unpaired) electrons. The molecule has 0 atom stereocenters. The number of rotatable bonds is 2. The summed E-state index contributed by atoms with van der Waals surface area (Å²) < 4.78 is 0. The Morgan fingerprint density at radius 3 is 2.91 bits per heavy atom. The lowest BCUT2D eigenvalue weighted by Gasteiger charge is -2.02. The van der Waals surface area contributed by atoms with E-state index in [0.29, 0.717) is 0 Å². The molecule has 0 aliphatic heterocycles. The summed E-state index contributed by atoms with van der Waals surface area (Å²) in [7, 11) is 1.12. The van der Waals surface area contributed by atoms with Crippen molar-refractivity contribution in [1.82, 2.24) is 0 Å². The monoisotopic (exact) mass is 165 g/mol. The molecule has 0 aromatic heterocycles. The third-order valence-electron chi connectivity index (χ3n) is 1.58. The fraction of sp³-hybridized carbons (Fsp3) is 0.222. The Bertz CT molecular complexity index is 268. The van der Waals surface area contributed by atoms with Gasteiger partial charge in [0, 0.05) is 11.8 Å². The molecule has 2 N–H and O–H groups in total. The predicted octanol–water partition coefficient (Wildman–Crippen LogP) is 2.46. The molecule has 0 aliphatic rings. The van der Waals surface area contributed by atoms with Gasteiger partial charge in [0.15, 0.2) is 0 Å². The van der Waals surface area contributed by atoms with Gasteiger partial charge >= 0.3 is 0 Å². The lowest BCUT2D eigenvalue weighted by Crippen LogP contribution is -1.91. The van der Waals surface area contributed by atoms with Crippen molar-refractivity contribution in [2.45, 2.75) is 13.1 Å². The highest BCUT2D eigenvalue weighted by Crippen LogP contribution is 2.17. The molecule has 0 heterocycles. The van der Waals surface area contributed by atoms with Crippen LogP contribution in [0.15, 0.2) is 18.2 Å². The zero-order valence-electron chi connectivity index (χ0n) is 6.67. The van der Waals surface area contributed by atoms with Gasteiger partial charge in [-0.1, -0.05) is 24.0 Å². The number of hydrogen-bond donors (Lipinski definition) is 1. The summed E-state index contributed by atoms with van der Waals surface area (Å²) in [5.41, 5.74) is 9.10. The van der Waals surface area contributed by atoms with Gasteiger partial charge in [0.25, 0.3) is 0 Å². The molecular formula is C9H12NP. The maximum absolute atomic E-state index is 5.74. The van der Waals surface area contributed by atoms with Gasteiger partial charge in [-0.25, -0.2) is 0 Å². The second-order valence-electron chi connectivity index (χ2n) is 2.58. The fourth-order valence-electron chi connectivity index (χ4n) is 0.992. The molecule has 0 amide bonds. The second-order valence-corrected chi connectivity index (χ2v) is 3.35. The first-order valence-corrected chi connectivity index (χ1v) is 4.78. The van der Waals surface area contributed by atoms with Crippen LogP contribution in [0.25, 0.3) is 0 Å². The number of aryl methyl sites for hydroxylation is 1. The molecule has 0 saturated carbocycles. The minimum atomic E-state index is 0.881. The van der Waals surface area contributed by atoms with Crippen LogP contribution in [0, 0.1) is 6.92 Å². The Morgan fingerprint density at radius 2 is 2.27 bits per heavy atom. The van der Waals surface area contributed by atoms with Crippen molar-refractivity contribution in [2.24, 2.45) is 0 Å². The number of benzene rings is 1. The highest BCUT2D eigenvalue weighted by molar-refractivity contribution is 7.35. The van der Waals surface area contributed by atoms with E-state index in [1.54, 1.807) is 0 Å². The van der Waals surface area contributed by atoms with Crippen molar-refractivity contribution in [3.05, 3.63) is 29.3 Å². The third kappa shape index (κ3) is 2.06. The van der Waals surface area contributed by atoms with E-state index in [0.717, 1.165) is 20.1 Å². The Kier molecular flexibility index (Phi) is 2.67. The average Bonchev–Trinajstić information content (AvgIpc) is 1.98. The van der Waals surface area contributed by atoms with Crippen LogP contribution in [-0.2, 0) is 6.16 Å². The molecule has 1 aromatic carbocycles. The third-order valence-corrected chi connectivity index (χ3v) is 2.14. The van der Waals surface area contributed by atoms with Crippen LogP contribution in [-0.4, -0.2) is 6.30 Å². The van der Waals surface area contributed by atoms with Gasteiger partial charge in [-0.2, -0.15) is 0 Å². The minimum Gasteiger partial charge on any atom is -0.398 e. The highest BCUT2D eigenvalue weighted by atomic mass is 31.1. The van der Waals surface area contributed by atoms with E-state index in [2.05, 4.69) is 19.3 Å². The summed E-state index contributed by atoms with van der Waals surface area (Å²) in [6.45, 7) is 2.07. The van der Waals surface area contributed by atoms with Gasteiger partial charge in [0.2, 0.25) is 0 Å². The smallest absolute Gasteiger partial charge is 0.0353 e. The fourth-order valence-corrected chi connectivity index (χ4v) is 1.51. The predicted molar refractivity (Wildman–Crippen MR) is 53.3 cm³/mol. The molecule has 0 fully saturated rings. The molecule has 1 nitrogen and oxygen atoms in total. The first kappa shape index (κ1) is 8.29. The quantitative estimate of drug-likeness (QED) is 0.528. The Morgan fingerprint density at radius 1 is 1.55 bits per heavy atom. The topological polar surface area (TPSA) is 26.0 Å². The highest BCUT2D eigenvalue weighted by Gasteiger charge is 1.95. The van der Waals surface area contributed by atoms with Crippen molar-refractivity contribution in [3.8, 4) is 0 Å². The first-order valence-electron chi connectivity index (χ1n) is 3.51. The molecule has 0 spiro atoms. The van der Waals surface area contributed by atoms with Crippen molar-refractivity contribution in [3.63, 3.8) is 0 Å². The van der Waals surface area contributed by atoms with E-state index in [-0.39, 0.29) is 0 Å². The van der Waals surface area contributed by atoms with Gasteiger partial charge in [-0.15, -0.1) is 8.20 Å². The summed E-state index contributed by atoms with van der Waals surface area (Å²) >= 11 is 0. The Hall–Kier alpha value is -0.810. The van der Waals surface area contributed by atoms with Crippen LogP contribution in [0.1, 0.15) is 11.1 Å². The lowest BCUT2D eigenvalue weighted by atomic mass is 10.1. The molecule has 0 bridgehead atoms. The number of hydrogen-bond acceptors (Lipinski definition) is 1. The molecule has 1 aromatic rings. The maximum atomic E-state index is 5.74. The lowest BCUT2D eigenvalue weighted by molar-refractivity contribution is 1.36. The van der Waals surface area contributed by atoms with Gasteiger partial charge in [-0.05, 0) is 18.6 Å². The van der Waals surface area contributed by atoms with E-state index >= 15 is 0 Å². The standard InChI is InChI=1S/C9H12NP/c1-7-3-4-9(10)8(5-7)6-11-2/h3-5H,2,6,10H2,1H3. The molecule has 1 rings (SSSR count).